The van der Waals surface area contributed by atoms with Gasteiger partial charge in [0.1, 0.15) is 41.0 Å². The number of phenols is 4. The number of rotatable bonds is 6. The minimum Gasteiger partial charge on any atom is -0.508 e. The van der Waals surface area contributed by atoms with Gasteiger partial charge in [-0.15, -0.1) is 0 Å². The molecule has 0 bridgehead atoms. The summed E-state index contributed by atoms with van der Waals surface area (Å²) in [7, 11) is 3.03. The summed E-state index contributed by atoms with van der Waals surface area (Å²) in [5, 5.41) is 42.0. The van der Waals surface area contributed by atoms with E-state index < -0.39 is 41.0 Å². The number of phenolic OH excluding ortho intramolecular Hbond substituents is 4. The van der Waals surface area contributed by atoms with E-state index in [1.807, 2.05) is 50.2 Å². The highest BCUT2D eigenvalue weighted by Gasteiger charge is 2.86. The van der Waals surface area contributed by atoms with Crippen LogP contribution in [0.15, 0.2) is 84.9 Å². The van der Waals surface area contributed by atoms with Gasteiger partial charge in [0.25, 0.3) is 0 Å². The van der Waals surface area contributed by atoms with Gasteiger partial charge in [0.05, 0.1) is 20.3 Å². The lowest BCUT2D eigenvalue weighted by Crippen LogP contribution is -2.43. The van der Waals surface area contributed by atoms with Gasteiger partial charge in [0.15, 0.2) is 23.0 Å². The molecule has 7 atom stereocenters. The van der Waals surface area contributed by atoms with E-state index in [1.165, 1.54) is 14.2 Å². The molecule has 4 fully saturated rings. The normalized spacial score (nSPS) is 31.4. The predicted molar refractivity (Wildman–Crippen MR) is 180 cm³/mol. The highest BCUT2D eigenvalue weighted by molar-refractivity contribution is 5.51. The van der Waals surface area contributed by atoms with Crippen LogP contribution in [0.3, 0.4) is 0 Å². The monoisotopic (exact) mass is 664 g/mol. The maximum atomic E-state index is 10.9. The summed E-state index contributed by atoms with van der Waals surface area (Å²) in [5.41, 5.74) is 3.65. The molecule has 4 aliphatic rings. The molecule has 4 aromatic carbocycles. The lowest BCUT2D eigenvalue weighted by atomic mass is 9.57. The number of ether oxygens (including phenoxy) is 5. The number of methoxy groups -OCH3 is 2. The molecule has 3 aliphatic heterocycles. The van der Waals surface area contributed by atoms with E-state index in [1.54, 1.807) is 36.4 Å². The molecule has 0 unspecified atom stereocenters. The van der Waals surface area contributed by atoms with Crippen molar-refractivity contribution < 1.29 is 44.1 Å². The third kappa shape index (κ3) is 4.42. The average Bonchev–Trinajstić information content (AvgIpc) is 3.58. The lowest BCUT2D eigenvalue weighted by Gasteiger charge is -2.42. The summed E-state index contributed by atoms with van der Waals surface area (Å²) in [4.78, 5) is 0. The first-order valence-corrected chi connectivity index (χ1v) is 16.5. The average molecular weight is 665 g/mol. The number of aromatic hydroxyl groups is 4. The smallest absolute Gasteiger partial charge is 0.160 e. The molecule has 0 amide bonds. The SMILES string of the molecule is C=C1[C@@H](c2ccc(O)c(C)c2)O[C@@H](c2ccc(OC)c(O)c2)[C@]12CC[C@@]13O[C@]1(C2)[C@@H](c1ccc(O)c(OC)c1)O[C@H]3c1ccc(O)c(C)c1. The maximum Gasteiger partial charge on any atom is 0.160 e. The Morgan fingerprint density at radius 2 is 1.18 bits per heavy atom. The molecule has 1 spiro atoms. The highest BCUT2D eigenvalue weighted by Crippen LogP contribution is 2.80. The first-order valence-electron chi connectivity index (χ1n) is 16.5. The van der Waals surface area contributed by atoms with Crippen molar-refractivity contribution in [2.75, 3.05) is 14.2 Å². The second-order valence-corrected chi connectivity index (χ2v) is 14.0. The van der Waals surface area contributed by atoms with Crippen molar-refractivity contribution in [3.63, 3.8) is 0 Å². The van der Waals surface area contributed by atoms with Crippen LogP contribution in [0.5, 0.6) is 34.5 Å². The number of aryl methyl sites for hydroxylation is 2. The Balaban J connectivity index is 1.27. The summed E-state index contributed by atoms with van der Waals surface area (Å²) in [5.74, 6) is 1.16. The van der Waals surface area contributed by atoms with Crippen LogP contribution in [0.2, 0.25) is 0 Å². The van der Waals surface area contributed by atoms with Gasteiger partial charge in [-0.05, 0) is 121 Å². The molecule has 3 saturated heterocycles. The first-order chi connectivity index (χ1) is 23.5. The molecule has 254 valence electrons. The van der Waals surface area contributed by atoms with Crippen LogP contribution < -0.4 is 9.47 Å². The first kappa shape index (κ1) is 31.6. The Bertz CT molecular complexity index is 2010. The number of benzene rings is 4. The van der Waals surface area contributed by atoms with E-state index in [2.05, 4.69) is 0 Å². The second kappa shape index (κ2) is 10.9. The Kier molecular flexibility index (Phi) is 7.02. The van der Waals surface area contributed by atoms with Crippen molar-refractivity contribution in [1.29, 1.82) is 0 Å². The summed E-state index contributed by atoms with van der Waals surface area (Å²) in [6.07, 6.45) is -0.147. The molecule has 4 aromatic rings. The van der Waals surface area contributed by atoms with Crippen molar-refractivity contribution in [3.05, 3.63) is 118 Å². The topological polar surface area (TPSA) is 130 Å². The van der Waals surface area contributed by atoms with E-state index in [9.17, 15) is 20.4 Å². The largest absolute Gasteiger partial charge is 0.508 e. The van der Waals surface area contributed by atoms with Crippen LogP contribution in [-0.4, -0.2) is 45.8 Å². The van der Waals surface area contributed by atoms with Crippen molar-refractivity contribution >= 4 is 0 Å². The highest BCUT2D eigenvalue weighted by atomic mass is 16.7. The van der Waals surface area contributed by atoms with Crippen LogP contribution in [0.4, 0.5) is 0 Å². The van der Waals surface area contributed by atoms with Crippen molar-refractivity contribution in [3.8, 4) is 34.5 Å². The van der Waals surface area contributed by atoms with Gasteiger partial charge in [-0.3, -0.25) is 0 Å². The van der Waals surface area contributed by atoms with E-state index >= 15 is 0 Å². The summed E-state index contributed by atoms with van der Waals surface area (Å²) in [6, 6.07) is 21.6. The molecule has 9 nitrogen and oxygen atoms in total. The van der Waals surface area contributed by atoms with Crippen LogP contribution in [0, 0.1) is 19.3 Å². The third-order valence-electron chi connectivity index (χ3n) is 11.5. The van der Waals surface area contributed by atoms with Gasteiger partial charge in [-0.25, -0.2) is 0 Å². The fourth-order valence-corrected chi connectivity index (χ4v) is 8.90. The van der Waals surface area contributed by atoms with Crippen molar-refractivity contribution in [1.82, 2.24) is 0 Å². The van der Waals surface area contributed by atoms with Crippen LogP contribution in [-0.2, 0) is 14.2 Å². The lowest BCUT2D eigenvalue weighted by molar-refractivity contribution is -0.0749. The molecule has 1 aliphatic carbocycles. The van der Waals surface area contributed by atoms with Gasteiger partial charge < -0.3 is 44.1 Å². The molecule has 0 radical (unpaired) electrons. The van der Waals surface area contributed by atoms with E-state index in [-0.39, 0.29) is 23.0 Å². The predicted octanol–water partition coefficient (Wildman–Crippen LogP) is 7.70. The molecule has 9 heteroatoms. The molecular weight excluding hydrogens is 624 g/mol. The van der Waals surface area contributed by atoms with Gasteiger partial charge in [-0.2, -0.15) is 0 Å². The number of epoxide rings is 1. The maximum absolute atomic E-state index is 10.9. The van der Waals surface area contributed by atoms with Gasteiger partial charge in [0.2, 0.25) is 0 Å². The minimum atomic E-state index is -0.803. The van der Waals surface area contributed by atoms with Gasteiger partial charge >= 0.3 is 0 Å². The quantitative estimate of drug-likeness (QED) is 0.121. The Morgan fingerprint density at radius 3 is 1.84 bits per heavy atom. The number of hydrogen-bond donors (Lipinski definition) is 4. The fourth-order valence-electron chi connectivity index (χ4n) is 8.90. The zero-order valence-electron chi connectivity index (χ0n) is 27.9. The van der Waals surface area contributed by atoms with Crippen LogP contribution in [0.1, 0.15) is 77.1 Å². The standard InChI is InChI=1S/C40H40O9/c1-21-16-24(6-10-28(21)41)34-23(3)38(35(47-34)26-9-13-32(45-4)31(44)18-26)14-15-39-36(25-7-11-29(42)22(2)17-25)48-37(40(39,20-38)49-39)27-8-12-30(43)33(19-27)46-5/h6-13,16-19,34-37,41-44H,3,14-15,20H2,1-2,4-5H3/t34-,35-,36-,37+,38-,39-,40+/m0/s1. The minimum absolute atomic E-state index is 0.0142. The van der Waals surface area contributed by atoms with E-state index in [4.69, 9.17) is 30.3 Å². The van der Waals surface area contributed by atoms with Gasteiger partial charge in [-0.1, -0.05) is 30.8 Å². The third-order valence-corrected chi connectivity index (χ3v) is 11.5. The molecule has 1 saturated carbocycles. The van der Waals surface area contributed by atoms with Crippen molar-refractivity contribution in [2.24, 2.45) is 5.41 Å². The summed E-state index contributed by atoms with van der Waals surface area (Å²) in [6.45, 7) is 8.44. The van der Waals surface area contributed by atoms with Crippen LogP contribution in [0.25, 0.3) is 0 Å². The molecular formula is C40H40O9. The number of hydrogen-bond acceptors (Lipinski definition) is 9. The van der Waals surface area contributed by atoms with Crippen LogP contribution >= 0.6 is 0 Å². The summed E-state index contributed by atoms with van der Waals surface area (Å²) >= 11 is 0. The van der Waals surface area contributed by atoms with Gasteiger partial charge in [0, 0.05) is 5.41 Å². The second-order valence-electron chi connectivity index (χ2n) is 14.0. The van der Waals surface area contributed by atoms with E-state index in [0.29, 0.717) is 30.8 Å². The zero-order chi connectivity index (χ0) is 34.5. The molecule has 49 heavy (non-hydrogen) atoms. The summed E-state index contributed by atoms with van der Waals surface area (Å²) < 4.78 is 32.0. The van der Waals surface area contributed by atoms with Crippen molar-refractivity contribution in [2.45, 2.75) is 68.7 Å². The molecule has 3 heterocycles. The van der Waals surface area contributed by atoms with E-state index in [0.717, 1.165) is 39.0 Å². The molecule has 8 rings (SSSR count). The molecule has 0 aromatic heterocycles. The Labute approximate surface area is 284 Å². The zero-order valence-corrected chi connectivity index (χ0v) is 27.9. The Hall–Kier alpha value is -4.70. The fraction of sp³-hybridized carbons (Fsp3) is 0.350. The Morgan fingerprint density at radius 1 is 0.612 bits per heavy atom. The molecule has 4 N–H and O–H groups in total.